The molecule has 1 aromatic heterocycles. The number of nitrogens with zero attached hydrogens (tertiary/aromatic N) is 3. The van der Waals surface area contributed by atoms with Gasteiger partial charge in [-0.2, -0.15) is 5.10 Å². The van der Waals surface area contributed by atoms with Crippen LogP contribution >= 0.6 is 0 Å². The normalized spacial score (nSPS) is 17.3. The van der Waals surface area contributed by atoms with Gasteiger partial charge in [0.15, 0.2) is 0 Å². The molecule has 1 unspecified atom stereocenters. The van der Waals surface area contributed by atoms with E-state index in [1.54, 1.807) is 0 Å². The highest BCUT2D eigenvalue weighted by Gasteiger charge is 2.27. The Morgan fingerprint density at radius 1 is 1.23 bits per heavy atom. The first kappa shape index (κ1) is 15.3. The number of aryl methyl sites for hydroxylation is 3. The standard InChI is InChI=1S/C19H27N3/c1-6-22(7-2)18-11-10-15-8-9-16(12-17(15)18)19-13(3)20-21(5)14(19)4/h8-9,12,18H,6-7,10-11H2,1-5H3. The van der Waals surface area contributed by atoms with Gasteiger partial charge in [-0.3, -0.25) is 9.58 Å². The zero-order chi connectivity index (χ0) is 15.9. The van der Waals surface area contributed by atoms with Gasteiger partial charge in [0.1, 0.15) is 0 Å². The highest BCUT2D eigenvalue weighted by atomic mass is 15.3. The van der Waals surface area contributed by atoms with Crippen molar-refractivity contribution >= 4 is 0 Å². The van der Waals surface area contributed by atoms with E-state index < -0.39 is 0 Å². The summed E-state index contributed by atoms with van der Waals surface area (Å²) in [5, 5.41) is 4.57. The minimum Gasteiger partial charge on any atom is -0.297 e. The number of fused-ring (bicyclic) bond motifs is 1. The van der Waals surface area contributed by atoms with Crippen molar-refractivity contribution in [3.8, 4) is 11.1 Å². The van der Waals surface area contributed by atoms with Crippen molar-refractivity contribution in [2.24, 2.45) is 7.05 Å². The molecule has 0 saturated heterocycles. The van der Waals surface area contributed by atoms with Gasteiger partial charge in [0.2, 0.25) is 0 Å². The molecule has 118 valence electrons. The molecule has 3 heteroatoms. The molecule has 0 saturated carbocycles. The molecule has 0 radical (unpaired) electrons. The van der Waals surface area contributed by atoms with Crippen molar-refractivity contribution in [2.75, 3.05) is 13.1 Å². The van der Waals surface area contributed by atoms with Gasteiger partial charge in [-0.1, -0.05) is 26.0 Å². The van der Waals surface area contributed by atoms with E-state index in [1.807, 2.05) is 11.7 Å². The van der Waals surface area contributed by atoms with Gasteiger partial charge in [-0.05, 0) is 62.5 Å². The van der Waals surface area contributed by atoms with Gasteiger partial charge in [-0.15, -0.1) is 0 Å². The molecule has 0 fully saturated rings. The van der Waals surface area contributed by atoms with Crippen LogP contribution in [0.2, 0.25) is 0 Å². The van der Waals surface area contributed by atoms with Crippen LogP contribution in [0.3, 0.4) is 0 Å². The zero-order valence-corrected chi connectivity index (χ0v) is 14.5. The van der Waals surface area contributed by atoms with Crippen LogP contribution in [0, 0.1) is 13.8 Å². The van der Waals surface area contributed by atoms with Crippen LogP contribution < -0.4 is 0 Å². The number of hydrogen-bond donors (Lipinski definition) is 0. The molecule has 22 heavy (non-hydrogen) atoms. The smallest absolute Gasteiger partial charge is 0.0674 e. The average molecular weight is 297 g/mol. The van der Waals surface area contributed by atoms with Gasteiger partial charge in [0.25, 0.3) is 0 Å². The third-order valence-electron chi connectivity index (χ3n) is 5.24. The first-order chi connectivity index (χ1) is 10.6. The molecule has 1 aromatic carbocycles. The van der Waals surface area contributed by atoms with Crippen molar-refractivity contribution in [3.05, 3.63) is 40.7 Å². The summed E-state index contributed by atoms with van der Waals surface area (Å²) in [4.78, 5) is 2.58. The Balaban J connectivity index is 2.05. The SMILES string of the molecule is CCN(CC)C1CCc2ccc(-c3c(C)nn(C)c3C)cc21. The Labute approximate surface area is 133 Å². The number of benzene rings is 1. The fourth-order valence-electron chi connectivity index (χ4n) is 3.97. The molecule has 0 spiro atoms. The predicted molar refractivity (Wildman–Crippen MR) is 92.1 cm³/mol. The van der Waals surface area contributed by atoms with Gasteiger partial charge in [-0.25, -0.2) is 0 Å². The minimum absolute atomic E-state index is 0.585. The molecular formula is C19H27N3. The topological polar surface area (TPSA) is 21.1 Å². The molecule has 1 atom stereocenters. The lowest BCUT2D eigenvalue weighted by Crippen LogP contribution is -2.26. The fraction of sp³-hybridized carbons (Fsp3) is 0.526. The molecule has 3 rings (SSSR count). The molecule has 1 aliphatic rings. The monoisotopic (exact) mass is 297 g/mol. The molecule has 1 heterocycles. The number of hydrogen-bond acceptors (Lipinski definition) is 2. The lowest BCUT2D eigenvalue weighted by atomic mass is 9.97. The van der Waals surface area contributed by atoms with Gasteiger partial charge in [0.05, 0.1) is 5.69 Å². The van der Waals surface area contributed by atoms with E-state index in [2.05, 4.69) is 55.9 Å². The van der Waals surface area contributed by atoms with Crippen molar-refractivity contribution in [1.29, 1.82) is 0 Å². The van der Waals surface area contributed by atoms with Gasteiger partial charge < -0.3 is 0 Å². The largest absolute Gasteiger partial charge is 0.297 e. The molecule has 0 N–H and O–H groups in total. The van der Waals surface area contributed by atoms with E-state index in [0.717, 1.165) is 18.8 Å². The van der Waals surface area contributed by atoms with Crippen LogP contribution in [0.4, 0.5) is 0 Å². The first-order valence-electron chi connectivity index (χ1n) is 8.44. The van der Waals surface area contributed by atoms with Crippen LogP contribution in [-0.2, 0) is 13.5 Å². The molecule has 3 nitrogen and oxygen atoms in total. The summed E-state index contributed by atoms with van der Waals surface area (Å²) in [5.74, 6) is 0. The van der Waals surface area contributed by atoms with Crippen LogP contribution in [-0.4, -0.2) is 27.8 Å². The molecular weight excluding hydrogens is 270 g/mol. The van der Waals surface area contributed by atoms with E-state index >= 15 is 0 Å². The fourth-order valence-corrected chi connectivity index (χ4v) is 3.97. The van der Waals surface area contributed by atoms with E-state index in [0.29, 0.717) is 6.04 Å². The van der Waals surface area contributed by atoms with E-state index in [-0.39, 0.29) is 0 Å². The molecule has 0 aliphatic heterocycles. The highest BCUT2D eigenvalue weighted by molar-refractivity contribution is 5.70. The quantitative estimate of drug-likeness (QED) is 0.849. The molecule has 2 aromatic rings. The maximum atomic E-state index is 4.57. The molecule has 0 bridgehead atoms. The van der Waals surface area contributed by atoms with E-state index in [4.69, 9.17) is 0 Å². The summed E-state index contributed by atoms with van der Waals surface area (Å²) < 4.78 is 1.99. The Hall–Kier alpha value is -1.61. The Bertz CT molecular complexity index is 680. The average Bonchev–Trinajstić information content (AvgIpc) is 3.02. The third-order valence-corrected chi connectivity index (χ3v) is 5.24. The van der Waals surface area contributed by atoms with Crippen LogP contribution in [0.5, 0.6) is 0 Å². The van der Waals surface area contributed by atoms with Crippen LogP contribution in [0.15, 0.2) is 18.2 Å². The highest BCUT2D eigenvalue weighted by Crippen LogP contribution is 2.39. The zero-order valence-electron chi connectivity index (χ0n) is 14.5. The van der Waals surface area contributed by atoms with Gasteiger partial charge >= 0.3 is 0 Å². The Kier molecular flexibility index (Phi) is 4.09. The summed E-state index contributed by atoms with van der Waals surface area (Å²) in [5.41, 5.74) is 8.05. The maximum absolute atomic E-state index is 4.57. The maximum Gasteiger partial charge on any atom is 0.0674 e. The Morgan fingerprint density at radius 2 is 1.95 bits per heavy atom. The summed E-state index contributed by atoms with van der Waals surface area (Å²) in [6.07, 6.45) is 2.47. The second-order valence-electron chi connectivity index (χ2n) is 6.36. The summed E-state index contributed by atoms with van der Waals surface area (Å²) >= 11 is 0. The lowest BCUT2D eigenvalue weighted by molar-refractivity contribution is 0.218. The van der Waals surface area contributed by atoms with Crippen LogP contribution in [0.25, 0.3) is 11.1 Å². The first-order valence-corrected chi connectivity index (χ1v) is 8.44. The van der Waals surface area contributed by atoms with E-state index in [9.17, 15) is 0 Å². The van der Waals surface area contributed by atoms with Crippen molar-refractivity contribution in [1.82, 2.24) is 14.7 Å². The van der Waals surface area contributed by atoms with Crippen molar-refractivity contribution in [3.63, 3.8) is 0 Å². The minimum atomic E-state index is 0.585. The van der Waals surface area contributed by atoms with Gasteiger partial charge in [0, 0.05) is 24.3 Å². The van der Waals surface area contributed by atoms with E-state index in [1.165, 1.54) is 40.8 Å². The summed E-state index contributed by atoms with van der Waals surface area (Å²) in [7, 11) is 2.03. The van der Waals surface area contributed by atoms with Crippen LogP contribution in [0.1, 0.15) is 48.8 Å². The molecule has 0 amide bonds. The number of aromatic nitrogens is 2. The predicted octanol–water partition coefficient (Wildman–Crippen LogP) is 4.03. The van der Waals surface area contributed by atoms with Crippen molar-refractivity contribution in [2.45, 2.75) is 46.6 Å². The lowest BCUT2D eigenvalue weighted by Gasteiger charge is -2.27. The second kappa shape index (κ2) is 5.88. The third kappa shape index (κ3) is 2.38. The van der Waals surface area contributed by atoms with Crippen molar-refractivity contribution < 1.29 is 0 Å². The Morgan fingerprint density at radius 3 is 2.55 bits per heavy atom. The molecule has 1 aliphatic carbocycles. The number of rotatable bonds is 4. The second-order valence-corrected chi connectivity index (χ2v) is 6.36. The summed E-state index contributed by atoms with van der Waals surface area (Å²) in [6.45, 7) is 11.0. The summed E-state index contributed by atoms with van der Waals surface area (Å²) in [6, 6.07) is 7.62.